The average Bonchev–Trinajstić information content (AvgIpc) is 3.04. The van der Waals surface area contributed by atoms with Crippen LogP contribution in [0, 0.1) is 11.7 Å². The molecule has 2 atom stereocenters. The molecule has 7 heteroatoms. The Hall–Kier alpha value is -2.28. The van der Waals surface area contributed by atoms with Crippen molar-refractivity contribution in [1.29, 1.82) is 0 Å². The molecule has 0 spiro atoms. The fraction of sp³-hybridized carbons (Fsp3) is 0.353. The van der Waals surface area contributed by atoms with Crippen LogP contribution in [0.3, 0.4) is 0 Å². The number of primary amides is 1. The number of piperidine rings is 1. The summed E-state index contributed by atoms with van der Waals surface area (Å²) in [5, 5.41) is 0.465. The van der Waals surface area contributed by atoms with Gasteiger partial charge >= 0.3 is 0 Å². The highest BCUT2D eigenvalue weighted by Crippen LogP contribution is 2.30. The van der Waals surface area contributed by atoms with E-state index in [-0.39, 0.29) is 29.6 Å². The average molecular weight is 347 g/mol. The molecule has 2 aromatic rings. The van der Waals surface area contributed by atoms with Gasteiger partial charge in [0.1, 0.15) is 15.7 Å². The molecule has 2 heterocycles. The van der Waals surface area contributed by atoms with E-state index in [0.29, 0.717) is 28.4 Å². The number of benzene rings is 1. The quantitative estimate of drug-likeness (QED) is 0.927. The van der Waals surface area contributed by atoms with E-state index in [1.54, 1.807) is 23.1 Å². The van der Waals surface area contributed by atoms with Crippen molar-refractivity contribution in [2.24, 2.45) is 11.7 Å². The van der Waals surface area contributed by atoms with Crippen molar-refractivity contribution in [2.75, 3.05) is 6.54 Å². The van der Waals surface area contributed by atoms with E-state index in [9.17, 15) is 14.0 Å². The summed E-state index contributed by atoms with van der Waals surface area (Å²) >= 11 is 1.16. The standard InChI is InChI=1S/C17H18FN3O2S/c1-10-6-7-11(15(19)22)9-21(10)17(23)14-8-20-16(24-14)12-4-2-3-5-13(12)18/h2-5,8,10-11H,6-7,9H2,1H3,(H2,19,22). The third-order valence-electron chi connectivity index (χ3n) is 4.37. The highest BCUT2D eigenvalue weighted by Gasteiger charge is 2.32. The van der Waals surface area contributed by atoms with E-state index >= 15 is 0 Å². The Bertz CT molecular complexity index is 777. The van der Waals surface area contributed by atoms with Gasteiger partial charge in [-0.3, -0.25) is 9.59 Å². The number of rotatable bonds is 3. The molecule has 0 aliphatic carbocycles. The summed E-state index contributed by atoms with van der Waals surface area (Å²) in [5.41, 5.74) is 5.76. The molecule has 1 fully saturated rings. The topological polar surface area (TPSA) is 76.3 Å². The zero-order chi connectivity index (χ0) is 17.3. The van der Waals surface area contributed by atoms with Crippen LogP contribution in [-0.2, 0) is 4.79 Å². The number of carbonyl (C=O) groups excluding carboxylic acids is 2. The first-order chi connectivity index (χ1) is 11.5. The first-order valence-electron chi connectivity index (χ1n) is 7.78. The Balaban J connectivity index is 1.83. The van der Waals surface area contributed by atoms with E-state index < -0.39 is 0 Å². The maximum atomic E-state index is 13.9. The molecule has 24 heavy (non-hydrogen) atoms. The van der Waals surface area contributed by atoms with Gasteiger partial charge in [0.05, 0.1) is 12.1 Å². The molecule has 1 aliphatic heterocycles. The summed E-state index contributed by atoms with van der Waals surface area (Å²) in [7, 11) is 0. The van der Waals surface area contributed by atoms with Crippen LogP contribution >= 0.6 is 11.3 Å². The van der Waals surface area contributed by atoms with Gasteiger partial charge in [-0.15, -0.1) is 11.3 Å². The van der Waals surface area contributed by atoms with Crippen molar-refractivity contribution in [2.45, 2.75) is 25.8 Å². The fourth-order valence-corrected chi connectivity index (χ4v) is 3.80. The number of carbonyl (C=O) groups is 2. The molecule has 1 saturated heterocycles. The minimum atomic E-state index is -0.379. The normalized spacial score (nSPS) is 20.8. The van der Waals surface area contributed by atoms with Crippen LogP contribution in [0.1, 0.15) is 29.4 Å². The molecule has 0 bridgehead atoms. The lowest BCUT2D eigenvalue weighted by Crippen LogP contribution is -2.48. The minimum Gasteiger partial charge on any atom is -0.369 e. The summed E-state index contributed by atoms with van der Waals surface area (Å²) in [6.07, 6.45) is 2.90. The number of likely N-dealkylation sites (tertiary alicyclic amines) is 1. The SMILES string of the molecule is CC1CCC(C(N)=O)CN1C(=O)c1cnc(-c2ccccc2F)s1. The van der Waals surface area contributed by atoms with Gasteiger partial charge in [-0.25, -0.2) is 9.37 Å². The van der Waals surface area contributed by atoms with E-state index in [0.717, 1.165) is 17.8 Å². The monoisotopic (exact) mass is 347 g/mol. The summed E-state index contributed by atoms with van der Waals surface area (Å²) in [4.78, 5) is 30.5. The Kier molecular flexibility index (Phi) is 4.62. The van der Waals surface area contributed by atoms with Crippen LogP contribution in [0.5, 0.6) is 0 Å². The minimum absolute atomic E-state index is 0.0344. The number of nitrogens with zero attached hydrogens (tertiary/aromatic N) is 2. The van der Waals surface area contributed by atoms with Crippen molar-refractivity contribution in [1.82, 2.24) is 9.88 Å². The lowest BCUT2D eigenvalue weighted by atomic mass is 9.93. The van der Waals surface area contributed by atoms with Crippen molar-refractivity contribution < 1.29 is 14.0 Å². The predicted molar refractivity (Wildman–Crippen MR) is 89.9 cm³/mol. The van der Waals surface area contributed by atoms with Crippen LogP contribution in [0.15, 0.2) is 30.5 Å². The number of nitrogens with two attached hydrogens (primary N) is 1. The zero-order valence-corrected chi connectivity index (χ0v) is 14.1. The van der Waals surface area contributed by atoms with Crippen LogP contribution in [0.25, 0.3) is 10.6 Å². The largest absolute Gasteiger partial charge is 0.369 e. The predicted octanol–water partition coefficient (Wildman–Crippen LogP) is 2.68. The summed E-state index contributed by atoms with van der Waals surface area (Å²) in [6.45, 7) is 2.27. The molecule has 3 rings (SSSR count). The van der Waals surface area contributed by atoms with Crippen LogP contribution < -0.4 is 5.73 Å². The molecule has 1 aliphatic rings. The third-order valence-corrected chi connectivity index (χ3v) is 5.38. The second kappa shape index (κ2) is 6.68. The molecule has 5 nitrogen and oxygen atoms in total. The van der Waals surface area contributed by atoms with Crippen LogP contribution in [-0.4, -0.2) is 34.3 Å². The first-order valence-corrected chi connectivity index (χ1v) is 8.60. The van der Waals surface area contributed by atoms with E-state index in [2.05, 4.69) is 4.98 Å². The third kappa shape index (κ3) is 3.17. The molecule has 2 unspecified atom stereocenters. The van der Waals surface area contributed by atoms with Gasteiger partial charge in [-0.2, -0.15) is 0 Å². The van der Waals surface area contributed by atoms with Gasteiger partial charge in [0.15, 0.2) is 0 Å². The number of aromatic nitrogens is 1. The van der Waals surface area contributed by atoms with Gasteiger partial charge in [0.25, 0.3) is 5.91 Å². The highest BCUT2D eigenvalue weighted by molar-refractivity contribution is 7.16. The molecular weight excluding hydrogens is 329 g/mol. The number of thiazole rings is 1. The van der Waals surface area contributed by atoms with E-state index in [4.69, 9.17) is 5.73 Å². The van der Waals surface area contributed by atoms with Gasteiger partial charge < -0.3 is 10.6 Å². The molecule has 0 saturated carbocycles. The van der Waals surface area contributed by atoms with E-state index in [1.807, 2.05) is 6.92 Å². The molecule has 126 valence electrons. The molecule has 2 N–H and O–H groups in total. The lowest BCUT2D eigenvalue weighted by Gasteiger charge is -2.36. The van der Waals surface area contributed by atoms with Crippen molar-refractivity contribution in [3.8, 4) is 10.6 Å². The molecule has 1 aromatic heterocycles. The number of halogens is 1. The second-order valence-electron chi connectivity index (χ2n) is 5.99. The Morgan fingerprint density at radius 3 is 2.79 bits per heavy atom. The van der Waals surface area contributed by atoms with Gasteiger partial charge in [0, 0.05) is 18.2 Å². The van der Waals surface area contributed by atoms with Gasteiger partial charge in [-0.1, -0.05) is 12.1 Å². The van der Waals surface area contributed by atoms with Gasteiger partial charge in [0.2, 0.25) is 5.91 Å². The van der Waals surface area contributed by atoms with Crippen molar-refractivity contribution >= 4 is 23.2 Å². The molecule has 0 radical (unpaired) electrons. The number of amides is 2. The van der Waals surface area contributed by atoms with Gasteiger partial charge in [-0.05, 0) is 31.9 Å². The van der Waals surface area contributed by atoms with E-state index in [1.165, 1.54) is 12.3 Å². The second-order valence-corrected chi connectivity index (χ2v) is 7.02. The molecule has 1 aromatic carbocycles. The fourth-order valence-electron chi connectivity index (χ4n) is 2.90. The smallest absolute Gasteiger partial charge is 0.265 e. The van der Waals surface area contributed by atoms with Crippen molar-refractivity contribution in [3.63, 3.8) is 0 Å². The number of hydrogen-bond acceptors (Lipinski definition) is 4. The molecular formula is C17H18FN3O2S. The summed E-state index contributed by atoms with van der Waals surface area (Å²) in [6, 6.07) is 6.37. The maximum absolute atomic E-state index is 13.9. The van der Waals surface area contributed by atoms with Crippen molar-refractivity contribution in [3.05, 3.63) is 41.2 Å². The Labute approximate surface area is 143 Å². The Morgan fingerprint density at radius 2 is 2.08 bits per heavy atom. The summed E-state index contributed by atoms with van der Waals surface area (Å²) in [5.74, 6) is -1.25. The summed E-state index contributed by atoms with van der Waals surface area (Å²) < 4.78 is 13.9. The zero-order valence-electron chi connectivity index (χ0n) is 13.2. The number of hydrogen-bond donors (Lipinski definition) is 1. The van der Waals surface area contributed by atoms with Crippen LogP contribution in [0.4, 0.5) is 4.39 Å². The Morgan fingerprint density at radius 1 is 1.33 bits per heavy atom. The first kappa shape index (κ1) is 16.6. The van der Waals surface area contributed by atoms with Crippen LogP contribution in [0.2, 0.25) is 0 Å². The highest BCUT2D eigenvalue weighted by atomic mass is 32.1. The lowest BCUT2D eigenvalue weighted by molar-refractivity contribution is -0.123. The molecule has 2 amide bonds. The maximum Gasteiger partial charge on any atom is 0.265 e.